The van der Waals surface area contributed by atoms with Gasteiger partial charge >= 0.3 is 0 Å². The van der Waals surface area contributed by atoms with E-state index in [0.29, 0.717) is 17.3 Å². The van der Waals surface area contributed by atoms with E-state index < -0.39 is 0 Å². The van der Waals surface area contributed by atoms with Gasteiger partial charge in [0.25, 0.3) is 5.91 Å². The molecule has 0 bridgehead atoms. The number of carbonyl (C=O) groups is 1. The number of amides is 1. The van der Waals surface area contributed by atoms with Crippen LogP contribution in [-0.4, -0.2) is 21.1 Å². The van der Waals surface area contributed by atoms with E-state index in [0.717, 1.165) is 22.2 Å². The number of carbonyl (C=O) groups excluding carboxylic acids is 1. The Balaban J connectivity index is 1.63. The summed E-state index contributed by atoms with van der Waals surface area (Å²) < 4.78 is 0. The Bertz CT molecular complexity index is 880. The van der Waals surface area contributed by atoms with Crippen LogP contribution in [0.15, 0.2) is 36.5 Å². The van der Waals surface area contributed by atoms with Crippen LogP contribution in [0, 0.1) is 6.92 Å². The first-order valence-electron chi connectivity index (χ1n) is 7.93. The molecular weight excluding hydrogens is 288 g/mol. The third kappa shape index (κ3) is 2.48. The molecular formula is C18H18N4O. The Labute approximate surface area is 134 Å². The zero-order chi connectivity index (χ0) is 15.8. The molecule has 1 aliphatic carbocycles. The average Bonchev–Trinajstić information content (AvgIpc) is 2.87. The van der Waals surface area contributed by atoms with Crippen molar-refractivity contribution < 1.29 is 4.79 Å². The van der Waals surface area contributed by atoms with Crippen LogP contribution < -0.4 is 5.32 Å². The Kier molecular flexibility index (Phi) is 3.33. The highest BCUT2D eigenvalue weighted by Gasteiger charge is 2.24. The van der Waals surface area contributed by atoms with E-state index in [-0.39, 0.29) is 5.91 Å². The van der Waals surface area contributed by atoms with Gasteiger partial charge in [0.2, 0.25) is 0 Å². The van der Waals surface area contributed by atoms with Gasteiger partial charge in [-0.25, -0.2) is 4.98 Å². The number of hydrogen-bond donors (Lipinski definition) is 2. The number of H-pyrrole nitrogens is 1. The number of aromatic amines is 1. The van der Waals surface area contributed by atoms with Crippen molar-refractivity contribution in [3.63, 3.8) is 0 Å². The number of anilines is 1. The maximum atomic E-state index is 12.7. The Morgan fingerprint density at radius 3 is 2.91 bits per heavy atom. The first-order valence-corrected chi connectivity index (χ1v) is 7.93. The topological polar surface area (TPSA) is 70.7 Å². The molecule has 0 radical (unpaired) electrons. The summed E-state index contributed by atoms with van der Waals surface area (Å²) in [7, 11) is 0. The first kappa shape index (κ1) is 13.9. The Morgan fingerprint density at radius 1 is 1.30 bits per heavy atom. The lowest BCUT2D eigenvalue weighted by Crippen LogP contribution is -2.18. The highest BCUT2D eigenvalue weighted by Crippen LogP contribution is 2.38. The molecule has 0 saturated heterocycles. The van der Waals surface area contributed by atoms with Crippen molar-refractivity contribution in [2.75, 3.05) is 5.32 Å². The molecule has 1 saturated carbocycles. The lowest BCUT2D eigenvalue weighted by atomic mass is 9.78. The number of hydrogen-bond acceptors (Lipinski definition) is 3. The van der Waals surface area contributed by atoms with Gasteiger partial charge in [0.15, 0.2) is 5.65 Å². The van der Waals surface area contributed by atoms with Crippen LogP contribution >= 0.6 is 0 Å². The van der Waals surface area contributed by atoms with Crippen molar-refractivity contribution in [3.8, 4) is 0 Å². The highest BCUT2D eigenvalue weighted by atomic mass is 16.1. The predicted octanol–water partition coefficient (Wildman–Crippen LogP) is 3.79. The molecule has 116 valence electrons. The molecule has 1 amide bonds. The number of nitrogens with one attached hydrogen (secondary N) is 2. The van der Waals surface area contributed by atoms with Crippen molar-refractivity contribution in [1.82, 2.24) is 15.2 Å². The summed E-state index contributed by atoms with van der Waals surface area (Å²) in [6.45, 7) is 1.94. The number of pyridine rings is 1. The van der Waals surface area contributed by atoms with Gasteiger partial charge in [-0.05, 0) is 43.4 Å². The predicted molar refractivity (Wildman–Crippen MR) is 89.6 cm³/mol. The molecule has 4 rings (SSSR count). The van der Waals surface area contributed by atoms with Crippen molar-refractivity contribution in [3.05, 3.63) is 53.3 Å². The molecule has 2 N–H and O–H groups in total. The first-order chi connectivity index (χ1) is 11.2. The Hall–Kier alpha value is -2.69. The van der Waals surface area contributed by atoms with Crippen molar-refractivity contribution in [2.45, 2.75) is 32.1 Å². The number of rotatable bonds is 3. The maximum Gasteiger partial charge on any atom is 0.255 e. The standard InChI is InChI=1S/C18H18N4O/c1-11-16-9-13(10-19-17(16)22-21-11)20-18(23)15-8-3-2-7-14(15)12-5-4-6-12/h2-3,7-10,12H,4-6H2,1H3,(H,20,23)(H,19,21,22). The van der Waals surface area contributed by atoms with Gasteiger partial charge in [-0.2, -0.15) is 5.10 Å². The highest BCUT2D eigenvalue weighted by molar-refractivity contribution is 6.06. The number of fused-ring (bicyclic) bond motifs is 1. The molecule has 2 heterocycles. The number of aryl methyl sites for hydroxylation is 1. The summed E-state index contributed by atoms with van der Waals surface area (Å²) in [5.74, 6) is 0.448. The van der Waals surface area contributed by atoms with Gasteiger partial charge in [0.05, 0.1) is 11.9 Å². The molecule has 2 aromatic heterocycles. The fourth-order valence-electron chi connectivity index (χ4n) is 3.07. The summed E-state index contributed by atoms with van der Waals surface area (Å²) >= 11 is 0. The second kappa shape index (κ2) is 5.50. The van der Waals surface area contributed by atoms with Crippen LogP contribution in [0.3, 0.4) is 0 Å². The molecule has 0 atom stereocenters. The molecule has 1 aromatic carbocycles. The molecule has 0 aliphatic heterocycles. The van der Waals surface area contributed by atoms with Crippen molar-refractivity contribution in [1.29, 1.82) is 0 Å². The van der Waals surface area contributed by atoms with E-state index in [4.69, 9.17) is 0 Å². The molecule has 5 nitrogen and oxygen atoms in total. The molecule has 1 fully saturated rings. The van der Waals surface area contributed by atoms with E-state index in [1.807, 2.05) is 31.2 Å². The lowest BCUT2D eigenvalue weighted by molar-refractivity contribution is 0.102. The van der Waals surface area contributed by atoms with Crippen molar-refractivity contribution >= 4 is 22.6 Å². The second-order valence-electron chi connectivity index (χ2n) is 6.11. The second-order valence-corrected chi connectivity index (χ2v) is 6.11. The third-order valence-electron chi connectivity index (χ3n) is 4.61. The summed E-state index contributed by atoms with van der Waals surface area (Å²) in [5, 5.41) is 10.9. The average molecular weight is 306 g/mol. The minimum absolute atomic E-state index is 0.0743. The number of aromatic nitrogens is 3. The van der Waals surface area contributed by atoms with Gasteiger partial charge in [-0.3, -0.25) is 9.89 Å². The van der Waals surface area contributed by atoms with Crippen LogP contribution in [0.4, 0.5) is 5.69 Å². The maximum absolute atomic E-state index is 12.7. The van der Waals surface area contributed by atoms with Gasteiger partial charge < -0.3 is 5.32 Å². The largest absolute Gasteiger partial charge is 0.321 e. The monoisotopic (exact) mass is 306 g/mol. The minimum atomic E-state index is -0.0743. The third-order valence-corrected chi connectivity index (χ3v) is 4.61. The summed E-state index contributed by atoms with van der Waals surface area (Å²) in [4.78, 5) is 17.0. The molecule has 0 unspecified atom stereocenters. The SMILES string of the molecule is Cc1[nH]nc2ncc(NC(=O)c3ccccc3C3CCC3)cc12. The minimum Gasteiger partial charge on any atom is -0.321 e. The van der Waals surface area contributed by atoms with Crippen molar-refractivity contribution in [2.24, 2.45) is 0 Å². The zero-order valence-electron chi connectivity index (χ0n) is 13.0. The molecule has 5 heteroatoms. The van der Waals surface area contributed by atoms with Gasteiger partial charge in [0, 0.05) is 16.6 Å². The summed E-state index contributed by atoms with van der Waals surface area (Å²) in [6, 6.07) is 9.80. The normalized spacial score (nSPS) is 14.7. The summed E-state index contributed by atoms with van der Waals surface area (Å²) in [6.07, 6.45) is 5.24. The molecule has 0 spiro atoms. The number of nitrogens with zero attached hydrogens (tertiary/aromatic N) is 2. The Morgan fingerprint density at radius 2 is 2.13 bits per heavy atom. The van der Waals surface area contributed by atoms with E-state index in [2.05, 4.69) is 26.6 Å². The van der Waals surface area contributed by atoms with Gasteiger partial charge in [-0.1, -0.05) is 24.6 Å². The van der Waals surface area contributed by atoms with Gasteiger partial charge in [0.1, 0.15) is 0 Å². The van der Waals surface area contributed by atoms with Crippen LogP contribution in [0.2, 0.25) is 0 Å². The van der Waals surface area contributed by atoms with E-state index in [1.54, 1.807) is 6.20 Å². The van der Waals surface area contributed by atoms with Crippen LogP contribution in [0.25, 0.3) is 11.0 Å². The van der Waals surface area contributed by atoms with Crippen LogP contribution in [0.1, 0.15) is 46.8 Å². The van der Waals surface area contributed by atoms with Crippen LogP contribution in [-0.2, 0) is 0 Å². The van der Waals surface area contributed by atoms with E-state index in [9.17, 15) is 4.79 Å². The van der Waals surface area contributed by atoms with Crippen LogP contribution in [0.5, 0.6) is 0 Å². The zero-order valence-corrected chi connectivity index (χ0v) is 13.0. The summed E-state index contributed by atoms with van der Waals surface area (Å²) in [5.41, 5.74) is 4.22. The molecule has 1 aliphatic rings. The van der Waals surface area contributed by atoms with E-state index in [1.165, 1.54) is 19.3 Å². The van der Waals surface area contributed by atoms with E-state index >= 15 is 0 Å². The van der Waals surface area contributed by atoms with Gasteiger partial charge in [-0.15, -0.1) is 0 Å². The quantitative estimate of drug-likeness (QED) is 0.773. The fraction of sp³-hybridized carbons (Fsp3) is 0.278. The molecule has 23 heavy (non-hydrogen) atoms. The molecule has 3 aromatic rings. The lowest BCUT2D eigenvalue weighted by Gasteiger charge is -2.27. The number of benzene rings is 1. The fourth-order valence-corrected chi connectivity index (χ4v) is 3.07. The smallest absolute Gasteiger partial charge is 0.255 e.